The number of likely N-dealkylation sites (tertiary alicyclic amines) is 1. The van der Waals surface area contributed by atoms with Gasteiger partial charge >= 0.3 is 0 Å². The van der Waals surface area contributed by atoms with Crippen LogP contribution in [0.3, 0.4) is 0 Å². The molecule has 0 radical (unpaired) electrons. The van der Waals surface area contributed by atoms with Crippen molar-refractivity contribution in [1.29, 1.82) is 0 Å². The number of aryl methyl sites for hydroxylation is 1. The van der Waals surface area contributed by atoms with Gasteiger partial charge in [0.15, 0.2) is 9.84 Å². The molecule has 0 spiro atoms. The average molecular weight is 604 g/mol. The number of hydrogen-bond donors (Lipinski definition) is 0. The monoisotopic (exact) mass is 603 g/mol. The fraction of sp³-hybridized carbons (Fsp3) is 0.367. The highest BCUT2D eigenvalue weighted by molar-refractivity contribution is 7.92. The zero-order valence-corrected chi connectivity index (χ0v) is 24.2. The number of rotatable bonds is 7. The largest absolute Gasteiger partial charge is 0.489 e. The summed E-state index contributed by atoms with van der Waals surface area (Å²) in [5, 5.41) is 0. The van der Waals surface area contributed by atoms with Crippen molar-refractivity contribution >= 4 is 25.6 Å². The Kier molecular flexibility index (Phi) is 7.95. The number of ether oxygens (including phenoxy) is 1. The summed E-state index contributed by atoms with van der Waals surface area (Å²) in [4.78, 5) is 14.8. The molecule has 3 aromatic carbocycles. The van der Waals surface area contributed by atoms with Gasteiger partial charge in [-0.25, -0.2) is 25.6 Å². The molecule has 2 aliphatic rings. The standard InChI is InChI=1S/C30H31F2NO6S2/c1-21-3-2-4-28(32)27(21)19-39-25-9-5-23(6-10-25)30(41(37,38)26-11-7-24(31)8-12-26)15-16-33(20-30)29(34)22-13-17-40(35,36)18-14-22/h2-12,22H,13-20H2,1H3/t30-/m0/s1. The lowest BCUT2D eigenvalue weighted by molar-refractivity contribution is -0.134. The molecule has 0 bridgehead atoms. The zero-order chi connectivity index (χ0) is 29.4. The van der Waals surface area contributed by atoms with Gasteiger partial charge < -0.3 is 9.64 Å². The quantitative estimate of drug-likeness (QED) is 0.367. The minimum atomic E-state index is -4.11. The highest BCUT2D eigenvalue weighted by Crippen LogP contribution is 2.44. The van der Waals surface area contributed by atoms with Crippen LogP contribution >= 0.6 is 0 Å². The summed E-state index contributed by atoms with van der Waals surface area (Å²) in [5.74, 6) is -1.40. The third-order valence-electron chi connectivity index (χ3n) is 8.20. The lowest BCUT2D eigenvalue weighted by atomic mass is 9.97. The van der Waals surface area contributed by atoms with Crippen molar-refractivity contribution < 1.29 is 35.1 Å². The molecule has 1 amide bonds. The molecule has 2 heterocycles. The van der Waals surface area contributed by atoms with Crippen LogP contribution in [0.15, 0.2) is 71.6 Å². The Balaban J connectivity index is 1.44. The van der Waals surface area contributed by atoms with E-state index in [1.54, 1.807) is 43.3 Å². The zero-order valence-electron chi connectivity index (χ0n) is 22.6. The summed E-state index contributed by atoms with van der Waals surface area (Å²) in [5.41, 5.74) is 1.61. The van der Waals surface area contributed by atoms with Gasteiger partial charge in [0.2, 0.25) is 5.91 Å². The van der Waals surface area contributed by atoms with Crippen LogP contribution in [0.1, 0.15) is 36.0 Å². The molecule has 1 atom stereocenters. The van der Waals surface area contributed by atoms with Crippen LogP contribution in [-0.4, -0.2) is 52.2 Å². The molecule has 2 saturated heterocycles. The minimum Gasteiger partial charge on any atom is -0.489 e. The van der Waals surface area contributed by atoms with Gasteiger partial charge in [-0.15, -0.1) is 0 Å². The first-order valence-electron chi connectivity index (χ1n) is 13.4. The fourth-order valence-electron chi connectivity index (χ4n) is 5.67. The number of hydrogen-bond acceptors (Lipinski definition) is 6. The van der Waals surface area contributed by atoms with Gasteiger partial charge in [-0.3, -0.25) is 4.79 Å². The lowest BCUT2D eigenvalue weighted by Gasteiger charge is -2.31. The molecular weight excluding hydrogens is 572 g/mol. The van der Waals surface area contributed by atoms with Crippen LogP contribution in [0, 0.1) is 24.5 Å². The summed E-state index contributed by atoms with van der Waals surface area (Å²) in [6.45, 7) is 1.83. The SMILES string of the molecule is Cc1cccc(F)c1COc1ccc([C@]2(S(=O)(=O)c3ccc(F)cc3)CCN(C(=O)C3CCS(=O)(=O)CC3)C2)cc1. The molecule has 41 heavy (non-hydrogen) atoms. The predicted octanol–water partition coefficient (Wildman–Crippen LogP) is 4.58. The van der Waals surface area contributed by atoms with Crippen LogP contribution in [-0.2, 0) is 35.8 Å². The minimum absolute atomic E-state index is 0.00371. The number of sulfone groups is 2. The first-order chi connectivity index (χ1) is 19.4. The first-order valence-corrected chi connectivity index (χ1v) is 16.7. The summed E-state index contributed by atoms with van der Waals surface area (Å²) < 4.78 is 84.2. The smallest absolute Gasteiger partial charge is 0.225 e. The number of halogens is 2. The second-order valence-electron chi connectivity index (χ2n) is 10.7. The predicted molar refractivity (Wildman–Crippen MR) is 150 cm³/mol. The van der Waals surface area contributed by atoms with Crippen molar-refractivity contribution in [2.24, 2.45) is 5.92 Å². The lowest BCUT2D eigenvalue weighted by Crippen LogP contribution is -2.43. The maximum atomic E-state index is 14.2. The van der Waals surface area contributed by atoms with Crippen molar-refractivity contribution in [2.75, 3.05) is 24.6 Å². The average Bonchev–Trinajstić information content (AvgIpc) is 3.40. The van der Waals surface area contributed by atoms with Crippen molar-refractivity contribution in [3.05, 3.63) is 95.1 Å². The molecule has 2 aliphatic heterocycles. The van der Waals surface area contributed by atoms with Gasteiger partial charge in [0.25, 0.3) is 0 Å². The normalized spacial score (nSPS) is 21.1. The van der Waals surface area contributed by atoms with E-state index < -0.39 is 36.2 Å². The molecule has 0 saturated carbocycles. The third kappa shape index (κ3) is 5.74. The van der Waals surface area contributed by atoms with Gasteiger partial charge in [0.05, 0.1) is 16.4 Å². The van der Waals surface area contributed by atoms with E-state index in [4.69, 9.17) is 4.74 Å². The fourth-order valence-corrected chi connectivity index (χ4v) is 9.24. The van der Waals surface area contributed by atoms with Crippen LogP contribution in [0.5, 0.6) is 5.75 Å². The van der Waals surface area contributed by atoms with E-state index in [9.17, 15) is 30.4 Å². The number of amides is 1. The third-order valence-corrected chi connectivity index (χ3v) is 12.4. The van der Waals surface area contributed by atoms with Gasteiger partial charge in [-0.05, 0) is 79.8 Å². The molecule has 0 aliphatic carbocycles. The van der Waals surface area contributed by atoms with Crippen LogP contribution in [0.4, 0.5) is 8.78 Å². The maximum Gasteiger partial charge on any atom is 0.225 e. The first kappa shape index (κ1) is 29.2. The van der Waals surface area contributed by atoms with Crippen LogP contribution < -0.4 is 4.74 Å². The molecule has 0 N–H and O–H groups in total. The Morgan fingerprint density at radius 3 is 2.29 bits per heavy atom. The number of carbonyl (C=O) groups is 1. The Hall–Kier alpha value is -3.31. The number of carbonyl (C=O) groups excluding carboxylic acids is 1. The van der Waals surface area contributed by atoms with Crippen LogP contribution in [0.25, 0.3) is 0 Å². The van der Waals surface area contributed by atoms with Crippen molar-refractivity contribution in [1.82, 2.24) is 4.90 Å². The van der Waals surface area contributed by atoms with Gasteiger partial charge in [-0.2, -0.15) is 0 Å². The van der Waals surface area contributed by atoms with Gasteiger partial charge in [0.1, 0.15) is 38.6 Å². The summed E-state index contributed by atoms with van der Waals surface area (Å²) in [7, 11) is -7.27. The molecule has 3 aromatic rings. The molecule has 5 rings (SSSR count). The Morgan fingerprint density at radius 1 is 1.00 bits per heavy atom. The van der Waals surface area contributed by atoms with E-state index >= 15 is 0 Å². The second kappa shape index (κ2) is 11.2. The Bertz CT molecular complexity index is 1620. The Labute approximate surface area is 239 Å². The summed E-state index contributed by atoms with van der Waals surface area (Å²) >= 11 is 0. The molecular formula is C30H31F2NO6S2. The molecule has 7 nitrogen and oxygen atoms in total. The molecule has 218 valence electrons. The molecule has 0 unspecified atom stereocenters. The highest BCUT2D eigenvalue weighted by atomic mass is 32.2. The van der Waals surface area contributed by atoms with Gasteiger partial charge in [-0.1, -0.05) is 24.3 Å². The highest BCUT2D eigenvalue weighted by Gasteiger charge is 2.52. The van der Waals surface area contributed by atoms with Crippen LogP contribution in [0.2, 0.25) is 0 Å². The van der Waals surface area contributed by atoms with Crippen molar-refractivity contribution in [3.63, 3.8) is 0 Å². The maximum absolute atomic E-state index is 14.2. The Morgan fingerprint density at radius 2 is 1.66 bits per heavy atom. The van der Waals surface area contributed by atoms with Crippen molar-refractivity contribution in [3.8, 4) is 5.75 Å². The second-order valence-corrected chi connectivity index (χ2v) is 15.3. The van der Waals surface area contributed by atoms with E-state index in [2.05, 4.69) is 0 Å². The van der Waals surface area contributed by atoms with E-state index in [-0.39, 0.29) is 67.1 Å². The number of nitrogens with zero attached hydrogens (tertiary/aromatic N) is 1. The van der Waals surface area contributed by atoms with E-state index in [1.165, 1.54) is 23.1 Å². The topological polar surface area (TPSA) is 97.8 Å². The number of benzene rings is 3. The summed E-state index contributed by atoms with van der Waals surface area (Å²) in [6, 6.07) is 15.9. The van der Waals surface area contributed by atoms with Gasteiger partial charge in [0, 0.05) is 24.6 Å². The van der Waals surface area contributed by atoms with Crippen molar-refractivity contribution in [2.45, 2.75) is 42.4 Å². The molecule has 11 heteroatoms. The summed E-state index contributed by atoms with van der Waals surface area (Å²) in [6.07, 6.45) is 0.532. The van der Waals surface area contributed by atoms with E-state index in [0.717, 1.165) is 17.7 Å². The van der Waals surface area contributed by atoms with E-state index in [0.29, 0.717) is 16.9 Å². The molecule has 0 aromatic heterocycles. The molecule has 2 fully saturated rings. The van der Waals surface area contributed by atoms with E-state index in [1.807, 2.05) is 0 Å².